The first-order valence-corrected chi connectivity index (χ1v) is 9.04. The van der Waals surface area contributed by atoms with E-state index in [0.717, 1.165) is 22.3 Å². The van der Waals surface area contributed by atoms with Crippen LogP contribution in [0.5, 0.6) is 0 Å². The summed E-state index contributed by atoms with van der Waals surface area (Å²) < 4.78 is 0.176. The maximum Gasteiger partial charge on any atom is 0.285 e. The number of nitrogens with one attached hydrogen (secondary N) is 1. The number of amides is 2. The Hall–Kier alpha value is -2.75. The Labute approximate surface area is 168 Å². The van der Waals surface area contributed by atoms with Gasteiger partial charge in [0.1, 0.15) is 0 Å². The number of halogens is 1. The molecular formula is C17H10ClN3O4S2. The average molecular weight is 420 g/mol. The number of hydrazine groups is 1. The van der Waals surface area contributed by atoms with Crippen LogP contribution >= 0.6 is 35.6 Å². The molecule has 3 rings (SSSR count). The number of hydrogen-bond acceptors (Lipinski definition) is 6. The van der Waals surface area contributed by atoms with E-state index >= 15 is 0 Å². The van der Waals surface area contributed by atoms with Crippen molar-refractivity contribution in [3.05, 3.63) is 79.7 Å². The molecule has 0 saturated carbocycles. The Bertz CT molecular complexity index is 975. The zero-order chi connectivity index (χ0) is 19.6. The van der Waals surface area contributed by atoms with Crippen molar-refractivity contribution in [2.75, 3.05) is 0 Å². The molecule has 0 unspecified atom stereocenters. The number of nitro groups is 1. The number of nitro benzene ring substituents is 1. The highest BCUT2D eigenvalue weighted by atomic mass is 35.5. The molecule has 136 valence electrons. The van der Waals surface area contributed by atoms with Gasteiger partial charge in [-0.05, 0) is 48.1 Å². The van der Waals surface area contributed by atoms with Gasteiger partial charge in [-0.15, -0.1) is 0 Å². The van der Waals surface area contributed by atoms with Gasteiger partial charge in [0.2, 0.25) is 0 Å². The predicted molar refractivity (Wildman–Crippen MR) is 107 cm³/mol. The third-order valence-corrected chi connectivity index (χ3v) is 5.07. The summed E-state index contributed by atoms with van der Waals surface area (Å²) >= 11 is 12.1. The first kappa shape index (κ1) is 19.0. The van der Waals surface area contributed by atoms with Crippen molar-refractivity contribution in [3.63, 3.8) is 0 Å². The van der Waals surface area contributed by atoms with Gasteiger partial charge in [-0.1, -0.05) is 35.5 Å². The van der Waals surface area contributed by atoms with E-state index in [1.807, 2.05) is 0 Å². The molecule has 10 heteroatoms. The molecule has 1 aliphatic rings. The fraction of sp³-hybridized carbons (Fsp3) is 0. The van der Waals surface area contributed by atoms with Crippen molar-refractivity contribution < 1.29 is 14.5 Å². The molecule has 2 amide bonds. The molecule has 0 aromatic heterocycles. The standard InChI is InChI=1S/C17H10ClN3O4S2/c18-12-5-1-10(2-6-12)9-14-16(23)20(17(26)27-14)19-15(22)11-3-7-13(8-4-11)21(24)25/h1-9H,(H,19,22)/b14-9+. The van der Waals surface area contributed by atoms with Crippen LogP contribution in [0.1, 0.15) is 15.9 Å². The Morgan fingerprint density at radius 3 is 2.41 bits per heavy atom. The van der Waals surface area contributed by atoms with Gasteiger partial charge in [0, 0.05) is 22.7 Å². The van der Waals surface area contributed by atoms with Gasteiger partial charge in [0.15, 0.2) is 4.32 Å². The van der Waals surface area contributed by atoms with Crippen LogP contribution in [-0.2, 0) is 4.79 Å². The lowest BCUT2D eigenvalue weighted by molar-refractivity contribution is -0.384. The summed E-state index contributed by atoms with van der Waals surface area (Å²) in [5, 5.41) is 12.2. The minimum atomic E-state index is -0.603. The number of thioether (sulfide) groups is 1. The summed E-state index contributed by atoms with van der Waals surface area (Å²) in [4.78, 5) is 35.3. The highest BCUT2D eigenvalue weighted by Gasteiger charge is 2.33. The van der Waals surface area contributed by atoms with Crippen molar-refractivity contribution in [2.45, 2.75) is 0 Å². The molecule has 1 saturated heterocycles. The Morgan fingerprint density at radius 2 is 1.81 bits per heavy atom. The molecule has 2 aromatic carbocycles. The molecule has 1 fully saturated rings. The molecule has 1 heterocycles. The molecule has 0 bridgehead atoms. The number of rotatable bonds is 4. The van der Waals surface area contributed by atoms with Crippen LogP contribution in [0.2, 0.25) is 5.02 Å². The average Bonchev–Trinajstić information content (AvgIpc) is 2.91. The predicted octanol–water partition coefficient (Wildman–Crippen LogP) is 3.79. The van der Waals surface area contributed by atoms with Crippen molar-refractivity contribution in [1.29, 1.82) is 0 Å². The third-order valence-electron chi connectivity index (χ3n) is 3.52. The number of carbonyl (C=O) groups excluding carboxylic acids is 2. The number of non-ortho nitro benzene ring substituents is 1. The lowest BCUT2D eigenvalue weighted by atomic mass is 10.2. The second kappa shape index (κ2) is 7.87. The van der Waals surface area contributed by atoms with E-state index in [9.17, 15) is 19.7 Å². The summed E-state index contributed by atoms with van der Waals surface area (Å²) in [7, 11) is 0. The smallest absolute Gasteiger partial charge is 0.267 e. The van der Waals surface area contributed by atoms with E-state index in [1.54, 1.807) is 30.3 Å². The van der Waals surface area contributed by atoms with Gasteiger partial charge in [-0.3, -0.25) is 25.1 Å². The van der Waals surface area contributed by atoms with Gasteiger partial charge in [-0.25, -0.2) is 0 Å². The first-order valence-electron chi connectivity index (χ1n) is 7.44. The van der Waals surface area contributed by atoms with Crippen LogP contribution < -0.4 is 5.43 Å². The fourth-order valence-electron chi connectivity index (χ4n) is 2.18. The van der Waals surface area contributed by atoms with Gasteiger partial charge < -0.3 is 0 Å². The summed E-state index contributed by atoms with van der Waals surface area (Å²) in [6.45, 7) is 0. The normalized spacial score (nSPS) is 15.3. The summed E-state index contributed by atoms with van der Waals surface area (Å²) in [5.41, 5.74) is 3.21. The van der Waals surface area contributed by atoms with Crippen LogP contribution in [0.25, 0.3) is 6.08 Å². The SMILES string of the molecule is O=C(NN1C(=O)/C(=C\c2ccc(Cl)cc2)SC1=S)c1ccc([N+](=O)[O-])cc1. The number of carbonyl (C=O) groups is 2. The topological polar surface area (TPSA) is 92.6 Å². The van der Waals surface area contributed by atoms with E-state index in [4.69, 9.17) is 23.8 Å². The van der Waals surface area contributed by atoms with Gasteiger partial charge >= 0.3 is 0 Å². The second-order valence-corrected chi connectivity index (χ2v) is 7.43. The molecule has 27 heavy (non-hydrogen) atoms. The minimum absolute atomic E-state index is 0.136. The molecular weight excluding hydrogens is 410 g/mol. The van der Waals surface area contributed by atoms with Crippen LogP contribution in [-0.4, -0.2) is 26.1 Å². The summed E-state index contributed by atoms with van der Waals surface area (Å²) in [6, 6.07) is 11.9. The second-order valence-electron chi connectivity index (χ2n) is 5.31. The fourth-order valence-corrected chi connectivity index (χ4v) is 3.48. The third kappa shape index (κ3) is 4.33. The largest absolute Gasteiger partial charge is 0.285 e. The van der Waals surface area contributed by atoms with Crippen LogP contribution in [0.3, 0.4) is 0 Å². The molecule has 0 radical (unpaired) electrons. The Morgan fingerprint density at radius 1 is 1.19 bits per heavy atom. The van der Waals surface area contributed by atoms with Gasteiger partial charge in [-0.2, -0.15) is 5.01 Å². The van der Waals surface area contributed by atoms with E-state index in [2.05, 4.69) is 5.43 Å². The zero-order valence-corrected chi connectivity index (χ0v) is 15.8. The zero-order valence-electron chi connectivity index (χ0n) is 13.4. The lowest BCUT2D eigenvalue weighted by Crippen LogP contribution is -2.44. The van der Waals surface area contributed by atoms with E-state index in [-0.39, 0.29) is 15.6 Å². The van der Waals surface area contributed by atoms with Crippen molar-refractivity contribution >= 4 is 63.5 Å². The minimum Gasteiger partial charge on any atom is -0.267 e. The van der Waals surface area contributed by atoms with E-state index < -0.39 is 16.7 Å². The number of nitrogens with zero attached hydrogens (tertiary/aromatic N) is 2. The van der Waals surface area contributed by atoms with Gasteiger partial charge in [0.25, 0.3) is 17.5 Å². The van der Waals surface area contributed by atoms with Crippen molar-refractivity contribution in [3.8, 4) is 0 Å². The maximum absolute atomic E-state index is 12.5. The molecule has 2 aromatic rings. The highest BCUT2D eigenvalue weighted by Crippen LogP contribution is 2.31. The van der Waals surface area contributed by atoms with Crippen LogP contribution in [0.4, 0.5) is 5.69 Å². The Balaban J connectivity index is 1.74. The molecule has 0 spiro atoms. The molecule has 1 aliphatic heterocycles. The van der Waals surface area contributed by atoms with Crippen LogP contribution in [0, 0.1) is 10.1 Å². The molecule has 0 atom stereocenters. The first-order chi connectivity index (χ1) is 12.8. The highest BCUT2D eigenvalue weighted by molar-refractivity contribution is 8.26. The summed E-state index contributed by atoms with van der Waals surface area (Å²) in [6.07, 6.45) is 1.65. The van der Waals surface area contributed by atoms with E-state index in [1.165, 1.54) is 24.3 Å². The van der Waals surface area contributed by atoms with Crippen molar-refractivity contribution in [1.82, 2.24) is 10.4 Å². The maximum atomic E-state index is 12.5. The number of thiocarbonyl (C=S) groups is 1. The molecule has 7 nitrogen and oxygen atoms in total. The van der Waals surface area contributed by atoms with Crippen molar-refractivity contribution in [2.24, 2.45) is 0 Å². The van der Waals surface area contributed by atoms with E-state index in [0.29, 0.717) is 9.93 Å². The molecule has 0 aliphatic carbocycles. The quantitative estimate of drug-likeness (QED) is 0.351. The monoisotopic (exact) mass is 419 g/mol. The van der Waals surface area contributed by atoms with Gasteiger partial charge in [0.05, 0.1) is 9.83 Å². The summed E-state index contributed by atoms with van der Waals surface area (Å²) in [5.74, 6) is -1.07. The number of benzene rings is 2. The number of hydrogen-bond donors (Lipinski definition) is 1. The lowest BCUT2D eigenvalue weighted by Gasteiger charge is -2.15. The molecule has 1 N–H and O–H groups in total. The Kier molecular flexibility index (Phi) is 5.54. The van der Waals surface area contributed by atoms with Crippen LogP contribution in [0.15, 0.2) is 53.4 Å².